The summed E-state index contributed by atoms with van der Waals surface area (Å²) in [5, 5.41) is 5.57. The third-order valence-corrected chi connectivity index (χ3v) is 5.61. The Balaban J connectivity index is 3.87. The Kier molecular flexibility index (Phi) is 17.5. The van der Waals surface area contributed by atoms with Crippen LogP contribution in [0, 0.1) is 0 Å². The van der Waals surface area contributed by atoms with Crippen molar-refractivity contribution in [3.05, 3.63) is 12.7 Å². The number of alkyl carbamates (subject to hydrolysis) is 1. The van der Waals surface area contributed by atoms with Gasteiger partial charge in [-0.3, -0.25) is 9.59 Å². The number of unbranched alkanes of at least 4 members (excludes halogenated alkanes) is 6. The maximum atomic E-state index is 12.4. The van der Waals surface area contributed by atoms with Crippen molar-refractivity contribution in [3.8, 4) is 0 Å². The number of carbonyl (C=O) groups is 4. The third kappa shape index (κ3) is 16.3. The molecule has 0 aliphatic rings. The maximum Gasteiger partial charge on any atom is 0.406 e. The van der Waals surface area contributed by atoms with Gasteiger partial charge in [-0.2, -0.15) is 0 Å². The Hall–Kier alpha value is -2.46. The molecule has 0 fully saturated rings. The van der Waals surface area contributed by atoms with Crippen LogP contribution >= 0.6 is 0 Å². The highest BCUT2D eigenvalue weighted by molar-refractivity contribution is 5.86. The number of nitrogens with one attached hydrogen (secondary N) is 2. The molecule has 0 rings (SSSR count). The van der Waals surface area contributed by atoms with Gasteiger partial charge < -0.3 is 29.6 Å². The van der Waals surface area contributed by atoms with Crippen molar-refractivity contribution < 1.29 is 38.1 Å². The van der Waals surface area contributed by atoms with Crippen LogP contribution in [0.5, 0.6) is 0 Å². The number of Topliss-reactive ketones (excluding diaryl/α,β-unsaturated/α-hetero) is 1. The second-order valence-electron chi connectivity index (χ2n) is 9.47. The van der Waals surface area contributed by atoms with Gasteiger partial charge >= 0.3 is 12.1 Å². The van der Waals surface area contributed by atoms with Gasteiger partial charge in [0.15, 0.2) is 12.6 Å². The van der Waals surface area contributed by atoms with Crippen LogP contribution < -0.4 is 10.6 Å². The predicted octanol–water partition coefficient (Wildman–Crippen LogP) is 3.82. The van der Waals surface area contributed by atoms with E-state index in [-0.39, 0.29) is 18.5 Å². The van der Waals surface area contributed by atoms with Gasteiger partial charge in [-0.05, 0) is 53.4 Å². The van der Waals surface area contributed by atoms with Gasteiger partial charge in [-0.25, -0.2) is 9.59 Å². The van der Waals surface area contributed by atoms with E-state index in [1.54, 1.807) is 27.7 Å². The van der Waals surface area contributed by atoms with E-state index in [1.165, 1.54) is 7.11 Å². The molecule has 0 aliphatic carbocycles. The van der Waals surface area contributed by atoms with Crippen LogP contribution in [0.3, 0.4) is 0 Å². The number of esters is 1. The molecular formula is C26H46N2O8. The maximum absolute atomic E-state index is 12.4. The highest BCUT2D eigenvalue weighted by atomic mass is 16.7. The SMILES string of the molecule is C=CC(=O)OCOC(C)(C)C(=O)CCCCCOC(C)(C)C(=O)NCCCCCCCNC(=O)OC. The number of amides is 2. The minimum atomic E-state index is -1.04. The molecule has 10 nitrogen and oxygen atoms in total. The molecule has 0 radical (unpaired) electrons. The van der Waals surface area contributed by atoms with Crippen LogP contribution in [0.1, 0.15) is 85.5 Å². The highest BCUT2D eigenvalue weighted by Crippen LogP contribution is 2.16. The average molecular weight is 515 g/mol. The summed E-state index contributed by atoms with van der Waals surface area (Å²) in [5.41, 5.74) is -1.96. The van der Waals surface area contributed by atoms with Crippen molar-refractivity contribution in [2.75, 3.05) is 33.6 Å². The molecule has 36 heavy (non-hydrogen) atoms. The molecule has 0 aromatic rings. The number of hydrogen-bond acceptors (Lipinski definition) is 8. The summed E-state index contributed by atoms with van der Waals surface area (Å²) in [6.45, 7) is 11.4. The Morgan fingerprint density at radius 3 is 1.97 bits per heavy atom. The highest BCUT2D eigenvalue weighted by Gasteiger charge is 2.29. The van der Waals surface area contributed by atoms with Crippen molar-refractivity contribution in [2.24, 2.45) is 0 Å². The first-order chi connectivity index (χ1) is 17.0. The normalized spacial score (nSPS) is 11.5. The van der Waals surface area contributed by atoms with Crippen LogP contribution in [-0.2, 0) is 33.3 Å². The molecule has 10 heteroatoms. The molecule has 208 valence electrons. The van der Waals surface area contributed by atoms with Gasteiger partial charge in [-0.15, -0.1) is 0 Å². The van der Waals surface area contributed by atoms with Gasteiger partial charge in [0.05, 0.1) is 7.11 Å². The molecule has 0 bridgehead atoms. The first-order valence-electron chi connectivity index (χ1n) is 12.7. The van der Waals surface area contributed by atoms with Gasteiger partial charge in [0.2, 0.25) is 0 Å². The fourth-order valence-electron chi connectivity index (χ4n) is 3.09. The lowest BCUT2D eigenvalue weighted by atomic mass is 9.98. The quantitative estimate of drug-likeness (QED) is 0.102. The average Bonchev–Trinajstić information content (AvgIpc) is 2.84. The fourth-order valence-corrected chi connectivity index (χ4v) is 3.09. The van der Waals surface area contributed by atoms with E-state index in [2.05, 4.69) is 21.9 Å². The van der Waals surface area contributed by atoms with E-state index in [9.17, 15) is 19.2 Å². The molecule has 0 aliphatic heterocycles. The summed E-state index contributed by atoms with van der Waals surface area (Å²) < 4.78 is 20.4. The van der Waals surface area contributed by atoms with Gasteiger partial charge in [0, 0.05) is 32.2 Å². The van der Waals surface area contributed by atoms with Crippen LogP contribution in [0.15, 0.2) is 12.7 Å². The van der Waals surface area contributed by atoms with Gasteiger partial charge in [0.25, 0.3) is 5.91 Å². The lowest BCUT2D eigenvalue weighted by Crippen LogP contribution is -2.44. The Morgan fingerprint density at radius 2 is 1.36 bits per heavy atom. The van der Waals surface area contributed by atoms with E-state index in [0.717, 1.165) is 51.0 Å². The summed E-state index contributed by atoms with van der Waals surface area (Å²) in [6.07, 6.45) is 7.97. The number of rotatable bonds is 21. The van der Waals surface area contributed by atoms with E-state index in [4.69, 9.17) is 14.2 Å². The van der Waals surface area contributed by atoms with Crippen LogP contribution in [-0.4, -0.2) is 68.6 Å². The van der Waals surface area contributed by atoms with Crippen LogP contribution in [0.2, 0.25) is 0 Å². The van der Waals surface area contributed by atoms with E-state index < -0.39 is 23.3 Å². The molecule has 0 unspecified atom stereocenters. The number of hydrogen-bond donors (Lipinski definition) is 2. The van der Waals surface area contributed by atoms with E-state index in [0.29, 0.717) is 32.5 Å². The van der Waals surface area contributed by atoms with Crippen LogP contribution in [0.25, 0.3) is 0 Å². The minimum absolute atomic E-state index is 0.0735. The molecule has 0 saturated heterocycles. The molecular weight excluding hydrogens is 468 g/mol. The Labute approximate surface area is 215 Å². The lowest BCUT2D eigenvalue weighted by Gasteiger charge is -2.24. The number of carbonyl (C=O) groups excluding carboxylic acids is 4. The first kappa shape index (κ1) is 33.5. The Bertz CT molecular complexity index is 691. The molecule has 2 N–H and O–H groups in total. The second kappa shape index (κ2) is 18.8. The smallest absolute Gasteiger partial charge is 0.406 e. The monoisotopic (exact) mass is 514 g/mol. The molecule has 0 heterocycles. The molecule has 0 saturated carbocycles. The molecule has 0 aromatic heterocycles. The number of ether oxygens (including phenoxy) is 4. The zero-order valence-corrected chi connectivity index (χ0v) is 22.7. The number of ketones is 1. The number of methoxy groups -OCH3 is 1. The van der Waals surface area contributed by atoms with Gasteiger partial charge in [0.1, 0.15) is 11.2 Å². The largest absolute Gasteiger partial charge is 0.453 e. The van der Waals surface area contributed by atoms with Crippen molar-refractivity contribution in [3.63, 3.8) is 0 Å². The Morgan fingerprint density at radius 1 is 0.778 bits per heavy atom. The summed E-state index contributed by atoms with van der Waals surface area (Å²) in [4.78, 5) is 46.7. The summed E-state index contributed by atoms with van der Waals surface area (Å²) in [6, 6.07) is 0. The molecule has 0 aromatic carbocycles. The van der Waals surface area contributed by atoms with Crippen molar-refractivity contribution in [2.45, 2.75) is 96.7 Å². The summed E-state index contributed by atoms with van der Waals surface area (Å²) >= 11 is 0. The predicted molar refractivity (Wildman–Crippen MR) is 136 cm³/mol. The van der Waals surface area contributed by atoms with Crippen molar-refractivity contribution in [1.82, 2.24) is 10.6 Å². The minimum Gasteiger partial charge on any atom is -0.453 e. The van der Waals surface area contributed by atoms with Crippen molar-refractivity contribution in [1.29, 1.82) is 0 Å². The van der Waals surface area contributed by atoms with Crippen LogP contribution in [0.4, 0.5) is 4.79 Å². The zero-order chi connectivity index (χ0) is 27.5. The third-order valence-electron chi connectivity index (χ3n) is 5.61. The zero-order valence-electron chi connectivity index (χ0n) is 22.7. The first-order valence-corrected chi connectivity index (χ1v) is 12.7. The van der Waals surface area contributed by atoms with Crippen molar-refractivity contribution >= 4 is 23.8 Å². The topological polar surface area (TPSA) is 129 Å². The van der Waals surface area contributed by atoms with E-state index in [1.807, 2.05) is 0 Å². The molecule has 0 atom stereocenters. The van der Waals surface area contributed by atoms with E-state index >= 15 is 0 Å². The molecule has 0 spiro atoms. The summed E-state index contributed by atoms with van der Waals surface area (Å²) in [7, 11) is 1.34. The molecule has 2 amide bonds. The lowest BCUT2D eigenvalue weighted by molar-refractivity contribution is -0.171. The summed E-state index contributed by atoms with van der Waals surface area (Å²) in [5.74, 6) is -0.819. The van der Waals surface area contributed by atoms with Gasteiger partial charge in [-0.1, -0.05) is 32.3 Å². The fraction of sp³-hybridized carbons (Fsp3) is 0.769. The second-order valence-corrected chi connectivity index (χ2v) is 9.47. The standard InChI is InChI=1S/C26H46N2O8/c1-7-22(30)34-20-36-25(2,3)21(29)16-12-11-15-19-35-26(4,5)23(31)27-17-13-9-8-10-14-18-28-24(32)33-6/h7H,1,8-20H2,2-6H3,(H,27,31)(H,28,32).